The van der Waals surface area contributed by atoms with E-state index in [1.165, 1.54) is 11.3 Å². The van der Waals surface area contributed by atoms with Gasteiger partial charge in [-0.15, -0.1) is 11.3 Å². The average molecular weight is 406 g/mol. The number of amides is 1. The van der Waals surface area contributed by atoms with Crippen LogP contribution >= 0.6 is 27.3 Å². The van der Waals surface area contributed by atoms with Crippen LogP contribution in [0.2, 0.25) is 0 Å². The molecule has 1 saturated carbocycles. The first-order chi connectivity index (χ1) is 10.9. The zero-order valence-electron chi connectivity index (χ0n) is 12.0. The predicted octanol–water partition coefficient (Wildman–Crippen LogP) is 4.12. The number of halogens is 3. The fraction of sp³-hybridized carbons (Fsp3) is 0.500. The molecule has 1 N–H and O–H groups in total. The molecule has 23 heavy (non-hydrogen) atoms. The van der Waals surface area contributed by atoms with Crippen molar-refractivity contribution in [1.82, 2.24) is 15.5 Å². The van der Waals surface area contributed by atoms with Gasteiger partial charge in [0.1, 0.15) is 0 Å². The Morgan fingerprint density at radius 2 is 2.22 bits per heavy atom. The number of aromatic nitrogens is 2. The Hall–Kier alpha value is -1.35. The summed E-state index contributed by atoms with van der Waals surface area (Å²) in [4.78, 5) is 16.7. The summed E-state index contributed by atoms with van der Waals surface area (Å²) in [6.07, 6.45) is 0.403. The van der Waals surface area contributed by atoms with E-state index in [1.54, 1.807) is 6.07 Å². The molecule has 0 saturated heterocycles. The third kappa shape index (κ3) is 4.14. The second-order valence-electron chi connectivity index (χ2n) is 5.49. The molecule has 0 aromatic carbocycles. The third-order valence-electron chi connectivity index (χ3n) is 3.76. The Morgan fingerprint density at radius 3 is 2.87 bits per heavy atom. The molecule has 9 heteroatoms. The smallest absolute Gasteiger partial charge is 0.261 e. The third-order valence-corrected chi connectivity index (χ3v) is 5.45. The van der Waals surface area contributed by atoms with Gasteiger partial charge in [0.15, 0.2) is 5.82 Å². The van der Waals surface area contributed by atoms with Crippen LogP contribution < -0.4 is 5.32 Å². The maximum Gasteiger partial charge on any atom is 0.261 e. The average Bonchev–Trinajstić information content (AvgIpc) is 3.14. The quantitative estimate of drug-likeness (QED) is 0.830. The monoisotopic (exact) mass is 405 g/mol. The number of nitrogens with zero attached hydrogens (tertiary/aromatic N) is 2. The van der Waals surface area contributed by atoms with Crippen molar-refractivity contribution < 1.29 is 18.1 Å². The summed E-state index contributed by atoms with van der Waals surface area (Å²) in [5.41, 5.74) is 0. The van der Waals surface area contributed by atoms with E-state index >= 15 is 0 Å². The summed E-state index contributed by atoms with van der Waals surface area (Å²) in [7, 11) is 0. The zero-order valence-corrected chi connectivity index (χ0v) is 14.4. The lowest BCUT2D eigenvalue weighted by atomic mass is 9.86. The van der Waals surface area contributed by atoms with Crippen molar-refractivity contribution in [3.05, 3.63) is 32.5 Å². The van der Waals surface area contributed by atoms with Gasteiger partial charge in [0.05, 0.1) is 11.4 Å². The number of carbonyl (C=O) groups excluding carboxylic acids is 1. The zero-order chi connectivity index (χ0) is 16.4. The first-order valence-electron chi connectivity index (χ1n) is 7.15. The number of hydrogen-bond donors (Lipinski definition) is 1. The fourth-order valence-corrected chi connectivity index (χ4v) is 3.82. The first-order valence-corrected chi connectivity index (χ1v) is 8.83. The van der Waals surface area contributed by atoms with E-state index in [4.69, 9.17) is 4.52 Å². The molecule has 5 nitrogen and oxygen atoms in total. The summed E-state index contributed by atoms with van der Waals surface area (Å²) >= 11 is 4.61. The number of alkyl halides is 2. The SMILES string of the molecule is O=C(NCc1nc(C2CCC(F)(F)CC2)no1)c1cc(Br)cs1. The molecule has 1 aliphatic carbocycles. The van der Waals surface area contributed by atoms with Gasteiger partial charge in [-0.05, 0) is 34.8 Å². The standard InChI is InChI=1S/C14H14BrF2N3O2S/c15-9-5-10(23-7-9)13(21)18-6-11-19-12(20-22-11)8-1-3-14(16,17)4-2-8/h5,7-8H,1-4,6H2,(H,18,21). The van der Waals surface area contributed by atoms with Gasteiger partial charge < -0.3 is 9.84 Å². The highest BCUT2D eigenvalue weighted by Gasteiger charge is 2.36. The van der Waals surface area contributed by atoms with E-state index < -0.39 is 5.92 Å². The summed E-state index contributed by atoms with van der Waals surface area (Å²) in [5.74, 6) is -2.18. The summed E-state index contributed by atoms with van der Waals surface area (Å²) < 4.78 is 32.3. The van der Waals surface area contributed by atoms with Gasteiger partial charge in [0.2, 0.25) is 11.8 Å². The van der Waals surface area contributed by atoms with Crippen LogP contribution in [-0.2, 0) is 6.54 Å². The van der Waals surface area contributed by atoms with E-state index in [1.807, 2.05) is 5.38 Å². The van der Waals surface area contributed by atoms with E-state index in [2.05, 4.69) is 31.4 Å². The number of carbonyl (C=O) groups is 1. The van der Waals surface area contributed by atoms with Gasteiger partial charge in [-0.2, -0.15) is 4.98 Å². The van der Waals surface area contributed by atoms with Crippen molar-refractivity contribution >= 4 is 33.2 Å². The van der Waals surface area contributed by atoms with Crippen LogP contribution in [0.25, 0.3) is 0 Å². The van der Waals surface area contributed by atoms with Crippen LogP contribution in [0, 0.1) is 0 Å². The Labute approximate surface area is 143 Å². The van der Waals surface area contributed by atoms with Crippen LogP contribution in [0.5, 0.6) is 0 Å². The van der Waals surface area contributed by atoms with Gasteiger partial charge in [0, 0.05) is 28.6 Å². The van der Waals surface area contributed by atoms with Crippen LogP contribution in [0.1, 0.15) is 53.0 Å². The molecule has 0 radical (unpaired) electrons. The second kappa shape index (κ2) is 6.64. The van der Waals surface area contributed by atoms with Crippen LogP contribution in [0.4, 0.5) is 8.78 Å². The minimum atomic E-state index is -2.58. The van der Waals surface area contributed by atoms with Crippen molar-refractivity contribution in [1.29, 1.82) is 0 Å². The van der Waals surface area contributed by atoms with Crippen LogP contribution in [-0.4, -0.2) is 22.0 Å². The number of thiophene rings is 1. The van der Waals surface area contributed by atoms with E-state index in [9.17, 15) is 13.6 Å². The lowest BCUT2D eigenvalue weighted by molar-refractivity contribution is -0.0389. The molecular weight excluding hydrogens is 392 g/mol. The maximum absolute atomic E-state index is 13.2. The van der Waals surface area contributed by atoms with Crippen LogP contribution in [0.3, 0.4) is 0 Å². The van der Waals surface area contributed by atoms with Gasteiger partial charge in [0.25, 0.3) is 5.91 Å². The van der Waals surface area contributed by atoms with Gasteiger partial charge >= 0.3 is 0 Å². The molecule has 0 bridgehead atoms. The summed E-state index contributed by atoms with van der Waals surface area (Å²) in [5, 5.41) is 8.37. The molecule has 1 fully saturated rings. The van der Waals surface area contributed by atoms with E-state index in [-0.39, 0.29) is 37.1 Å². The summed E-state index contributed by atoms with van der Waals surface area (Å²) in [6.45, 7) is 0.115. The topological polar surface area (TPSA) is 68.0 Å². The molecule has 0 atom stereocenters. The van der Waals surface area contributed by atoms with Crippen molar-refractivity contribution in [2.75, 3.05) is 0 Å². The van der Waals surface area contributed by atoms with Crippen molar-refractivity contribution in [3.8, 4) is 0 Å². The maximum atomic E-state index is 13.2. The molecule has 1 aliphatic rings. The molecule has 0 unspecified atom stereocenters. The predicted molar refractivity (Wildman–Crippen MR) is 83.6 cm³/mol. The van der Waals surface area contributed by atoms with Crippen molar-refractivity contribution in [2.45, 2.75) is 44.1 Å². The lowest BCUT2D eigenvalue weighted by Gasteiger charge is -2.26. The highest BCUT2D eigenvalue weighted by molar-refractivity contribution is 9.10. The molecule has 0 aliphatic heterocycles. The fourth-order valence-electron chi connectivity index (χ4n) is 2.48. The molecule has 124 valence electrons. The van der Waals surface area contributed by atoms with Crippen molar-refractivity contribution in [3.63, 3.8) is 0 Å². The molecule has 3 rings (SSSR count). The lowest BCUT2D eigenvalue weighted by Crippen LogP contribution is -2.24. The highest BCUT2D eigenvalue weighted by Crippen LogP contribution is 2.39. The Kier molecular flexibility index (Phi) is 4.77. The number of nitrogens with one attached hydrogen (secondary N) is 1. The molecular formula is C14H14BrF2N3O2S. The van der Waals surface area contributed by atoms with Crippen LogP contribution in [0.15, 0.2) is 20.4 Å². The van der Waals surface area contributed by atoms with E-state index in [0.717, 1.165) is 4.47 Å². The number of rotatable bonds is 4. The summed E-state index contributed by atoms with van der Waals surface area (Å²) in [6, 6.07) is 1.72. The highest BCUT2D eigenvalue weighted by atomic mass is 79.9. The van der Waals surface area contributed by atoms with Crippen molar-refractivity contribution in [2.24, 2.45) is 0 Å². The normalized spacial score (nSPS) is 18.0. The molecule has 2 aromatic heterocycles. The largest absolute Gasteiger partial charge is 0.342 e. The minimum Gasteiger partial charge on any atom is -0.342 e. The second-order valence-corrected chi connectivity index (χ2v) is 7.32. The van der Waals surface area contributed by atoms with E-state index in [0.29, 0.717) is 23.5 Å². The molecule has 1 amide bonds. The first kappa shape index (κ1) is 16.5. The molecule has 0 spiro atoms. The Bertz CT molecular complexity index is 694. The van der Waals surface area contributed by atoms with Gasteiger partial charge in [-0.1, -0.05) is 5.16 Å². The minimum absolute atomic E-state index is 0.101. The van der Waals surface area contributed by atoms with Gasteiger partial charge in [-0.3, -0.25) is 4.79 Å². The molecule has 2 aromatic rings. The Morgan fingerprint density at radius 1 is 1.48 bits per heavy atom. The van der Waals surface area contributed by atoms with Gasteiger partial charge in [-0.25, -0.2) is 8.78 Å². The Balaban J connectivity index is 1.54. The molecule has 2 heterocycles. The number of hydrogen-bond acceptors (Lipinski definition) is 5.